The van der Waals surface area contributed by atoms with Crippen molar-refractivity contribution in [3.8, 4) is 23.0 Å². The predicted octanol–water partition coefficient (Wildman–Crippen LogP) is 16.4. The summed E-state index contributed by atoms with van der Waals surface area (Å²) in [6.07, 6.45) is 16.9. The van der Waals surface area contributed by atoms with Gasteiger partial charge in [-0.15, -0.1) is 0 Å². The number of hydrogen-bond acceptors (Lipinski definition) is 2. The molecule has 6 nitrogen and oxygen atoms in total. The van der Waals surface area contributed by atoms with Gasteiger partial charge in [0.2, 0.25) is 0 Å². The van der Waals surface area contributed by atoms with E-state index >= 15 is 0 Å². The minimum Gasteiger partial charge on any atom is -0.313 e. The topological polar surface area (TPSA) is 45.5 Å². The Kier molecular flexibility index (Phi) is 9.95. The third-order valence-corrected chi connectivity index (χ3v) is 15.6. The Hall–Kier alpha value is -8.74. The van der Waals surface area contributed by atoms with E-state index in [9.17, 15) is 0 Å². The first kappa shape index (κ1) is 42.2. The molecule has 0 fully saturated rings. The van der Waals surface area contributed by atoms with Gasteiger partial charge in [0.15, 0.2) is 0 Å². The Bertz CT molecular complexity index is 4310. The number of hydrogen-bond donors (Lipinski definition) is 0. The Morgan fingerprint density at radius 3 is 1.53 bits per heavy atom. The molecule has 0 aliphatic heterocycles. The Morgan fingerprint density at radius 1 is 0.375 bits per heavy atom. The highest BCUT2D eigenvalue weighted by Crippen LogP contribution is 2.45. The number of aromatic nitrogens is 6. The minimum absolute atomic E-state index is 0.960. The van der Waals surface area contributed by atoms with Crippen molar-refractivity contribution in [2.24, 2.45) is 0 Å². The molecule has 0 amide bonds. The van der Waals surface area contributed by atoms with Gasteiger partial charge in [-0.3, -0.25) is 9.13 Å². The molecule has 0 saturated heterocycles. The van der Waals surface area contributed by atoms with Crippen LogP contribution in [0.1, 0.15) is 59.3 Å². The Labute approximate surface area is 418 Å². The van der Waals surface area contributed by atoms with Gasteiger partial charge >= 0.3 is 0 Å². The van der Waals surface area contributed by atoms with Crippen LogP contribution in [-0.2, 0) is 25.7 Å². The van der Waals surface area contributed by atoms with E-state index < -0.39 is 0 Å². The van der Waals surface area contributed by atoms with E-state index in [1.54, 1.807) is 0 Å². The van der Waals surface area contributed by atoms with E-state index in [-0.39, 0.29) is 0 Å². The van der Waals surface area contributed by atoms with Crippen LogP contribution in [0.2, 0.25) is 0 Å². The lowest BCUT2D eigenvalue weighted by Crippen LogP contribution is -2.07. The van der Waals surface area contributed by atoms with Gasteiger partial charge in [-0.1, -0.05) is 122 Å². The number of para-hydroxylation sites is 2. The summed E-state index contributed by atoms with van der Waals surface area (Å²) in [7, 11) is 0. The van der Waals surface area contributed by atoms with Crippen LogP contribution in [0.4, 0.5) is 0 Å². The molecule has 0 radical (unpaired) electrons. The smallest absolute Gasteiger partial charge is 0.137 e. The largest absolute Gasteiger partial charge is 0.313 e. The predicted molar refractivity (Wildman–Crippen MR) is 302 cm³/mol. The highest BCUT2D eigenvalue weighted by molar-refractivity contribution is 6.21. The number of benzene rings is 7. The molecule has 6 heteroatoms. The molecule has 0 N–H and O–H groups in total. The molecule has 6 heterocycles. The highest BCUT2D eigenvalue weighted by Gasteiger charge is 2.28. The van der Waals surface area contributed by atoms with Crippen molar-refractivity contribution >= 4 is 88.3 Å². The van der Waals surface area contributed by atoms with E-state index in [1.807, 2.05) is 36.7 Å². The van der Waals surface area contributed by atoms with Crippen LogP contribution in [-0.4, -0.2) is 28.2 Å². The van der Waals surface area contributed by atoms with Crippen molar-refractivity contribution in [3.63, 3.8) is 0 Å². The van der Waals surface area contributed by atoms with Gasteiger partial charge < -0.3 is 9.13 Å². The lowest BCUT2D eigenvalue weighted by atomic mass is 9.94. The van der Waals surface area contributed by atoms with Gasteiger partial charge in [0.25, 0.3) is 0 Å². The number of fused-ring (bicyclic) bond motifs is 15. The Balaban J connectivity index is 0.000000137. The summed E-state index contributed by atoms with van der Waals surface area (Å²) in [6.45, 7) is 8.09. The van der Waals surface area contributed by atoms with Crippen molar-refractivity contribution in [3.05, 3.63) is 229 Å². The summed E-state index contributed by atoms with van der Waals surface area (Å²) < 4.78 is 9.77. The van der Waals surface area contributed by atoms with Gasteiger partial charge in [-0.05, 0) is 157 Å². The molecular weight excluding hydrogens is 877 g/mol. The average Bonchev–Trinajstić information content (AvgIpc) is 4.18. The first-order valence-corrected chi connectivity index (χ1v) is 25.6. The van der Waals surface area contributed by atoms with Crippen molar-refractivity contribution in [1.82, 2.24) is 28.2 Å². The standard InChI is InChI=1S/C38H30N2.C28H22N4/c1-3-25-17-19-29(23-26(25)4-2)39-35-16-10-8-14-33(35)37-36(39)22-21-32-31-13-7-9-15-34(31)40(38(32)37)30-20-18-27-11-5-6-12-28(27)24-30;1-3-11-22-19(9-1)20-15-16-24-27(28(20)32(22)26-14-6-8-18-30-26)21-10-2-4-12-23(21)31(24)25-13-5-7-17-29-25/h3-7,9,11-13,15,17-24H,1-2,8,10,14,16H2;1,3,5-9,11,13-18H,2,4,10,12H2. The van der Waals surface area contributed by atoms with Crippen LogP contribution >= 0.6 is 0 Å². The van der Waals surface area contributed by atoms with Gasteiger partial charge in [0.1, 0.15) is 11.6 Å². The van der Waals surface area contributed by atoms with Gasteiger partial charge in [0, 0.05) is 67.5 Å². The van der Waals surface area contributed by atoms with Crippen molar-refractivity contribution in [1.29, 1.82) is 0 Å². The average molecular weight is 929 g/mol. The second kappa shape index (κ2) is 17.0. The second-order valence-corrected chi connectivity index (χ2v) is 19.5. The van der Waals surface area contributed by atoms with Crippen LogP contribution < -0.4 is 0 Å². The number of aryl methyl sites for hydroxylation is 2. The highest BCUT2D eigenvalue weighted by atomic mass is 15.1. The number of rotatable bonds is 6. The quantitative estimate of drug-likeness (QED) is 0.167. The van der Waals surface area contributed by atoms with Gasteiger partial charge in [-0.2, -0.15) is 0 Å². The van der Waals surface area contributed by atoms with Crippen LogP contribution in [0.25, 0.3) is 111 Å². The molecule has 0 spiro atoms. The van der Waals surface area contributed by atoms with Gasteiger partial charge in [-0.25, -0.2) is 9.97 Å². The first-order chi connectivity index (χ1) is 35.7. The molecular formula is C66H52N6. The molecule has 0 atom stereocenters. The summed E-state index contributed by atoms with van der Waals surface area (Å²) in [5.41, 5.74) is 18.0. The molecule has 2 aliphatic carbocycles. The third-order valence-electron chi connectivity index (χ3n) is 15.6. The molecule has 346 valence electrons. The summed E-state index contributed by atoms with van der Waals surface area (Å²) in [6, 6.07) is 61.3. The van der Waals surface area contributed by atoms with Gasteiger partial charge in [0.05, 0.1) is 33.1 Å². The minimum atomic E-state index is 0.960. The number of nitrogens with zero attached hydrogens (tertiary/aromatic N) is 6. The lowest BCUT2D eigenvalue weighted by Gasteiger charge is -2.17. The van der Waals surface area contributed by atoms with Crippen LogP contribution in [0, 0.1) is 0 Å². The van der Waals surface area contributed by atoms with E-state index in [0.29, 0.717) is 0 Å². The monoisotopic (exact) mass is 928 g/mol. The lowest BCUT2D eigenvalue weighted by molar-refractivity contribution is 0.665. The fourth-order valence-electron chi connectivity index (χ4n) is 12.6. The molecule has 6 aromatic heterocycles. The molecule has 2 aliphatic rings. The van der Waals surface area contributed by atoms with Crippen LogP contribution in [0.15, 0.2) is 195 Å². The van der Waals surface area contributed by atoms with Crippen LogP contribution in [0.3, 0.4) is 0 Å². The van der Waals surface area contributed by atoms with Crippen LogP contribution in [0.5, 0.6) is 0 Å². The molecule has 0 unspecified atom stereocenters. The molecule has 0 saturated carbocycles. The van der Waals surface area contributed by atoms with E-state index in [1.165, 1.54) is 136 Å². The zero-order valence-electron chi connectivity index (χ0n) is 40.2. The maximum absolute atomic E-state index is 4.75. The first-order valence-electron chi connectivity index (χ1n) is 25.6. The van der Waals surface area contributed by atoms with E-state index in [4.69, 9.17) is 9.97 Å². The molecule has 72 heavy (non-hydrogen) atoms. The summed E-state index contributed by atoms with van der Waals surface area (Å²) in [5, 5.41) is 10.4. The fourth-order valence-corrected chi connectivity index (χ4v) is 12.6. The molecule has 13 aromatic rings. The summed E-state index contributed by atoms with van der Waals surface area (Å²) in [5.74, 6) is 1.96. The van der Waals surface area contributed by atoms with Crippen molar-refractivity contribution < 1.29 is 0 Å². The van der Waals surface area contributed by atoms with E-state index in [0.717, 1.165) is 48.4 Å². The SMILES string of the molecule is C=Cc1ccc(-n2c3c(c4c2ccc2c5ccccc5n(-c5ccc6ccccc6c5)c24)CCCC3)cc1C=C.c1ccc(-n2c3c(c4c2ccc2c5ccccc5n(-c5ccccn5)c24)CCCC3)nc1. The zero-order chi connectivity index (χ0) is 47.9. The normalized spacial score (nSPS) is 13.5. The fraction of sp³-hybridized carbons (Fsp3) is 0.121. The maximum Gasteiger partial charge on any atom is 0.137 e. The summed E-state index contributed by atoms with van der Waals surface area (Å²) >= 11 is 0. The van der Waals surface area contributed by atoms with Crippen molar-refractivity contribution in [2.75, 3.05) is 0 Å². The summed E-state index contributed by atoms with van der Waals surface area (Å²) in [4.78, 5) is 9.48. The number of pyridine rings is 2. The molecule has 15 rings (SSSR count). The zero-order valence-corrected chi connectivity index (χ0v) is 40.2. The van der Waals surface area contributed by atoms with E-state index in [2.05, 4.69) is 189 Å². The van der Waals surface area contributed by atoms with Crippen molar-refractivity contribution in [2.45, 2.75) is 51.4 Å². The third kappa shape index (κ3) is 6.41. The second-order valence-electron chi connectivity index (χ2n) is 19.5. The molecule has 7 aromatic carbocycles. The Morgan fingerprint density at radius 2 is 0.889 bits per heavy atom. The molecule has 0 bridgehead atoms. The maximum atomic E-state index is 4.75.